The van der Waals surface area contributed by atoms with Crippen LogP contribution in [0.4, 0.5) is 20.2 Å². The van der Waals surface area contributed by atoms with E-state index in [-0.39, 0.29) is 0 Å². The van der Waals surface area contributed by atoms with Gasteiger partial charge in [-0.1, -0.05) is 0 Å². The molecule has 1 N–H and O–H groups in total. The normalized spacial score (nSPS) is 9.89. The lowest BCUT2D eigenvalue weighted by molar-refractivity contribution is 0.509. The quantitative estimate of drug-likeness (QED) is 0.869. The number of aryl methyl sites for hydroxylation is 1. The molecular formula is C14H10F2N2. The van der Waals surface area contributed by atoms with Gasteiger partial charge < -0.3 is 5.32 Å². The first kappa shape index (κ1) is 12.1. The van der Waals surface area contributed by atoms with Crippen molar-refractivity contribution >= 4 is 11.4 Å². The average molecular weight is 244 g/mol. The van der Waals surface area contributed by atoms with Gasteiger partial charge in [0.2, 0.25) is 0 Å². The molecule has 0 aliphatic carbocycles. The summed E-state index contributed by atoms with van der Waals surface area (Å²) in [5.74, 6) is -1.77. The van der Waals surface area contributed by atoms with Crippen molar-refractivity contribution in [1.29, 1.82) is 5.26 Å². The maximum atomic E-state index is 13.0. The molecule has 0 spiro atoms. The smallest absolute Gasteiger partial charge is 0.160 e. The summed E-state index contributed by atoms with van der Waals surface area (Å²) < 4.78 is 25.8. The number of nitriles is 1. The first-order chi connectivity index (χ1) is 8.60. The lowest BCUT2D eigenvalue weighted by Crippen LogP contribution is -1.95. The topological polar surface area (TPSA) is 35.8 Å². The molecule has 18 heavy (non-hydrogen) atoms. The van der Waals surface area contributed by atoms with E-state index in [9.17, 15) is 8.78 Å². The zero-order chi connectivity index (χ0) is 13.1. The molecule has 0 unspecified atom stereocenters. The van der Waals surface area contributed by atoms with Gasteiger partial charge in [-0.15, -0.1) is 0 Å². The van der Waals surface area contributed by atoms with Crippen LogP contribution in [0.15, 0.2) is 36.4 Å². The molecule has 0 fully saturated rings. The highest BCUT2D eigenvalue weighted by Crippen LogP contribution is 2.22. The highest BCUT2D eigenvalue weighted by Gasteiger charge is 2.04. The number of benzene rings is 2. The Balaban J connectivity index is 2.29. The molecule has 0 amide bonds. The van der Waals surface area contributed by atoms with E-state index in [1.807, 2.05) is 13.0 Å². The van der Waals surface area contributed by atoms with Gasteiger partial charge in [0.05, 0.1) is 11.6 Å². The number of rotatable bonds is 2. The minimum Gasteiger partial charge on any atom is -0.355 e. The summed E-state index contributed by atoms with van der Waals surface area (Å²) in [6, 6.07) is 10.8. The van der Waals surface area contributed by atoms with E-state index in [1.54, 1.807) is 18.2 Å². The Morgan fingerprint density at radius 1 is 1.06 bits per heavy atom. The lowest BCUT2D eigenvalue weighted by atomic mass is 10.1. The summed E-state index contributed by atoms with van der Waals surface area (Å²) in [6.45, 7) is 1.84. The third kappa shape index (κ3) is 2.46. The summed E-state index contributed by atoms with van der Waals surface area (Å²) in [4.78, 5) is 0. The monoisotopic (exact) mass is 244 g/mol. The molecule has 0 heterocycles. The van der Waals surface area contributed by atoms with Crippen molar-refractivity contribution in [2.45, 2.75) is 6.92 Å². The van der Waals surface area contributed by atoms with Gasteiger partial charge in [-0.25, -0.2) is 8.78 Å². The highest BCUT2D eigenvalue weighted by atomic mass is 19.2. The van der Waals surface area contributed by atoms with Gasteiger partial charge in [-0.05, 0) is 42.8 Å². The van der Waals surface area contributed by atoms with E-state index in [0.717, 1.165) is 23.4 Å². The Morgan fingerprint density at radius 3 is 2.44 bits per heavy atom. The van der Waals surface area contributed by atoms with Crippen molar-refractivity contribution in [3.8, 4) is 6.07 Å². The Hall–Kier alpha value is -2.41. The summed E-state index contributed by atoms with van der Waals surface area (Å²) in [5.41, 5.74) is 2.63. The van der Waals surface area contributed by atoms with E-state index in [0.29, 0.717) is 11.3 Å². The number of anilines is 2. The van der Waals surface area contributed by atoms with Crippen molar-refractivity contribution in [3.05, 3.63) is 59.2 Å². The predicted molar refractivity (Wildman–Crippen MR) is 65.5 cm³/mol. The maximum Gasteiger partial charge on any atom is 0.160 e. The summed E-state index contributed by atoms with van der Waals surface area (Å²) in [5, 5.41) is 11.7. The van der Waals surface area contributed by atoms with E-state index in [2.05, 4.69) is 5.32 Å². The number of nitrogens with one attached hydrogen (secondary N) is 1. The summed E-state index contributed by atoms with van der Waals surface area (Å²) >= 11 is 0. The van der Waals surface area contributed by atoms with Crippen LogP contribution in [0, 0.1) is 29.9 Å². The van der Waals surface area contributed by atoms with E-state index < -0.39 is 11.6 Å². The number of nitrogens with zero attached hydrogens (tertiary/aromatic N) is 1. The van der Waals surface area contributed by atoms with E-state index in [4.69, 9.17) is 5.26 Å². The maximum absolute atomic E-state index is 13.0. The van der Waals surface area contributed by atoms with Gasteiger partial charge in [0, 0.05) is 17.4 Å². The van der Waals surface area contributed by atoms with Gasteiger partial charge >= 0.3 is 0 Å². The second-order valence-electron chi connectivity index (χ2n) is 3.90. The van der Waals surface area contributed by atoms with E-state index >= 15 is 0 Å². The number of hydrogen-bond donors (Lipinski definition) is 1. The fraction of sp³-hybridized carbons (Fsp3) is 0.0714. The molecule has 0 saturated heterocycles. The highest BCUT2D eigenvalue weighted by molar-refractivity contribution is 5.64. The van der Waals surface area contributed by atoms with Crippen LogP contribution in [0.1, 0.15) is 11.1 Å². The van der Waals surface area contributed by atoms with Crippen molar-refractivity contribution in [3.63, 3.8) is 0 Å². The van der Waals surface area contributed by atoms with Crippen LogP contribution < -0.4 is 5.32 Å². The van der Waals surface area contributed by atoms with Gasteiger partial charge in [0.1, 0.15) is 0 Å². The molecule has 90 valence electrons. The van der Waals surface area contributed by atoms with Crippen molar-refractivity contribution in [1.82, 2.24) is 0 Å². The molecule has 0 atom stereocenters. The van der Waals surface area contributed by atoms with E-state index in [1.165, 1.54) is 6.07 Å². The predicted octanol–water partition coefficient (Wildman–Crippen LogP) is 3.89. The largest absolute Gasteiger partial charge is 0.355 e. The van der Waals surface area contributed by atoms with Gasteiger partial charge in [-0.3, -0.25) is 0 Å². The van der Waals surface area contributed by atoms with Gasteiger partial charge in [0.25, 0.3) is 0 Å². The van der Waals surface area contributed by atoms with Crippen LogP contribution in [0.3, 0.4) is 0 Å². The first-order valence-corrected chi connectivity index (χ1v) is 5.33. The van der Waals surface area contributed by atoms with Crippen LogP contribution in [-0.2, 0) is 0 Å². The zero-order valence-electron chi connectivity index (χ0n) is 9.67. The lowest BCUT2D eigenvalue weighted by Gasteiger charge is -2.10. The van der Waals surface area contributed by atoms with Crippen LogP contribution in [-0.4, -0.2) is 0 Å². The Kier molecular flexibility index (Phi) is 3.24. The fourth-order valence-corrected chi connectivity index (χ4v) is 1.60. The molecule has 2 aromatic carbocycles. The van der Waals surface area contributed by atoms with Gasteiger partial charge in [-0.2, -0.15) is 5.26 Å². The molecule has 0 saturated carbocycles. The standard InChI is InChI=1S/C14H10F2N2/c1-9-6-10(8-17)2-5-14(9)18-11-3-4-12(15)13(16)7-11/h2-7,18H,1H3. The molecule has 0 aromatic heterocycles. The molecule has 0 bridgehead atoms. The summed E-state index contributed by atoms with van der Waals surface area (Å²) in [7, 11) is 0. The Morgan fingerprint density at radius 2 is 1.83 bits per heavy atom. The molecule has 4 heteroatoms. The molecular weight excluding hydrogens is 234 g/mol. The van der Waals surface area contributed by atoms with Gasteiger partial charge in [0.15, 0.2) is 11.6 Å². The Labute approximate surface area is 103 Å². The summed E-state index contributed by atoms with van der Waals surface area (Å²) in [6.07, 6.45) is 0. The van der Waals surface area contributed by atoms with Crippen molar-refractivity contribution in [2.24, 2.45) is 0 Å². The fourth-order valence-electron chi connectivity index (χ4n) is 1.60. The first-order valence-electron chi connectivity index (χ1n) is 5.33. The molecule has 0 radical (unpaired) electrons. The molecule has 0 aliphatic heterocycles. The third-order valence-electron chi connectivity index (χ3n) is 2.55. The molecule has 2 nitrogen and oxygen atoms in total. The zero-order valence-corrected chi connectivity index (χ0v) is 9.67. The second kappa shape index (κ2) is 4.84. The minimum absolute atomic E-state index is 0.460. The van der Waals surface area contributed by atoms with Crippen LogP contribution in [0.25, 0.3) is 0 Å². The van der Waals surface area contributed by atoms with Crippen molar-refractivity contribution < 1.29 is 8.78 Å². The van der Waals surface area contributed by atoms with Crippen LogP contribution in [0.2, 0.25) is 0 Å². The molecule has 0 aliphatic rings. The Bertz CT molecular complexity index is 630. The minimum atomic E-state index is -0.897. The number of halogens is 2. The van der Waals surface area contributed by atoms with Crippen molar-refractivity contribution in [2.75, 3.05) is 5.32 Å². The second-order valence-corrected chi connectivity index (χ2v) is 3.90. The molecule has 2 rings (SSSR count). The number of hydrogen-bond acceptors (Lipinski definition) is 2. The van der Waals surface area contributed by atoms with Crippen LogP contribution >= 0.6 is 0 Å². The average Bonchev–Trinajstić information content (AvgIpc) is 2.36. The third-order valence-corrected chi connectivity index (χ3v) is 2.55. The van der Waals surface area contributed by atoms with Crippen LogP contribution in [0.5, 0.6) is 0 Å². The molecule has 2 aromatic rings. The SMILES string of the molecule is Cc1cc(C#N)ccc1Nc1ccc(F)c(F)c1.